The second-order valence-corrected chi connectivity index (χ2v) is 6.79. The monoisotopic (exact) mass is 406 g/mol. The second-order valence-electron chi connectivity index (χ2n) is 6.79. The van der Waals surface area contributed by atoms with Gasteiger partial charge in [0.1, 0.15) is 5.75 Å². The molecule has 0 saturated carbocycles. The van der Waals surface area contributed by atoms with Gasteiger partial charge in [-0.15, -0.1) is 0 Å². The maximum absolute atomic E-state index is 12.9. The summed E-state index contributed by atoms with van der Waals surface area (Å²) in [7, 11) is 0. The van der Waals surface area contributed by atoms with Crippen LogP contribution < -0.4 is 9.64 Å². The van der Waals surface area contributed by atoms with Crippen molar-refractivity contribution >= 4 is 17.4 Å². The molecule has 1 saturated heterocycles. The number of hydrogen-bond acceptors (Lipinski definition) is 4. The topological polar surface area (TPSA) is 49.9 Å². The lowest BCUT2D eigenvalue weighted by Crippen LogP contribution is -2.50. The minimum Gasteiger partial charge on any atom is -0.484 e. The molecule has 0 atom stereocenters. The van der Waals surface area contributed by atoms with E-state index in [2.05, 4.69) is 0 Å². The van der Waals surface area contributed by atoms with Gasteiger partial charge in [0.2, 0.25) is 0 Å². The summed E-state index contributed by atoms with van der Waals surface area (Å²) in [6, 6.07) is 11.7. The van der Waals surface area contributed by atoms with Gasteiger partial charge < -0.3 is 14.5 Å². The molecule has 1 aliphatic heterocycles. The Bertz CT molecular complexity index is 873. The fraction of sp³-hybridized carbons (Fsp3) is 0.333. The van der Waals surface area contributed by atoms with Crippen LogP contribution in [0.1, 0.15) is 22.8 Å². The van der Waals surface area contributed by atoms with E-state index in [-0.39, 0.29) is 18.3 Å². The van der Waals surface area contributed by atoms with Crippen LogP contribution in [-0.2, 0) is 11.0 Å². The molecule has 0 radical (unpaired) electrons. The number of alkyl halides is 3. The van der Waals surface area contributed by atoms with Gasteiger partial charge in [0, 0.05) is 37.4 Å². The van der Waals surface area contributed by atoms with E-state index in [9.17, 15) is 22.8 Å². The molecule has 5 nitrogen and oxygen atoms in total. The van der Waals surface area contributed by atoms with Crippen molar-refractivity contribution in [1.29, 1.82) is 0 Å². The third kappa shape index (κ3) is 5.28. The van der Waals surface area contributed by atoms with Gasteiger partial charge in [0.05, 0.1) is 5.56 Å². The molecule has 1 aliphatic rings. The van der Waals surface area contributed by atoms with Gasteiger partial charge >= 0.3 is 6.18 Å². The smallest absolute Gasteiger partial charge is 0.416 e. The first-order chi connectivity index (χ1) is 13.7. The fourth-order valence-corrected chi connectivity index (χ4v) is 3.12. The number of Topliss-reactive ketones (excluding diaryl/α,β-unsaturated/α-hetero) is 1. The van der Waals surface area contributed by atoms with Crippen molar-refractivity contribution in [3.05, 3.63) is 59.7 Å². The second kappa shape index (κ2) is 8.55. The number of hydrogen-bond donors (Lipinski definition) is 0. The van der Waals surface area contributed by atoms with Crippen LogP contribution in [0, 0.1) is 0 Å². The molecule has 1 heterocycles. The highest BCUT2D eigenvalue weighted by atomic mass is 19.4. The van der Waals surface area contributed by atoms with Gasteiger partial charge in [0.15, 0.2) is 12.4 Å². The first-order valence-electron chi connectivity index (χ1n) is 9.18. The Hall–Kier alpha value is -3.03. The van der Waals surface area contributed by atoms with Crippen molar-refractivity contribution in [1.82, 2.24) is 4.90 Å². The predicted octanol–water partition coefficient (Wildman–Crippen LogP) is 3.64. The summed E-state index contributed by atoms with van der Waals surface area (Å²) < 4.78 is 44.1. The van der Waals surface area contributed by atoms with Crippen LogP contribution in [0.25, 0.3) is 0 Å². The quantitative estimate of drug-likeness (QED) is 0.712. The van der Waals surface area contributed by atoms with E-state index in [0.29, 0.717) is 43.2 Å². The molecular formula is C21H21F3N2O3. The van der Waals surface area contributed by atoms with Gasteiger partial charge in [-0.3, -0.25) is 9.59 Å². The Balaban J connectivity index is 1.51. The molecule has 1 amide bonds. The first-order valence-corrected chi connectivity index (χ1v) is 9.18. The Morgan fingerprint density at radius 1 is 1.00 bits per heavy atom. The number of nitrogens with zero attached hydrogens (tertiary/aromatic N) is 2. The van der Waals surface area contributed by atoms with Crippen LogP contribution in [0.15, 0.2) is 48.5 Å². The average Bonchev–Trinajstić information content (AvgIpc) is 2.72. The van der Waals surface area contributed by atoms with E-state index < -0.39 is 11.7 Å². The lowest BCUT2D eigenvalue weighted by Gasteiger charge is -2.36. The molecular weight excluding hydrogens is 385 g/mol. The van der Waals surface area contributed by atoms with E-state index in [1.807, 2.05) is 4.90 Å². The predicted molar refractivity (Wildman–Crippen MR) is 102 cm³/mol. The van der Waals surface area contributed by atoms with Crippen LogP contribution in [0.3, 0.4) is 0 Å². The molecule has 2 aromatic rings. The summed E-state index contributed by atoms with van der Waals surface area (Å²) in [6.07, 6.45) is -4.38. The van der Waals surface area contributed by atoms with Crippen molar-refractivity contribution in [2.75, 3.05) is 37.7 Å². The molecule has 0 unspecified atom stereocenters. The molecule has 0 aromatic heterocycles. The lowest BCUT2D eigenvalue weighted by molar-refractivity contribution is -0.137. The summed E-state index contributed by atoms with van der Waals surface area (Å²) in [5, 5.41) is 0. The highest BCUT2D eigenvalue weighted by Crippen LogP contribution is 2.31. The third-order valence-corrected chi connectivity index (χ3v) is 4.79. The minimum atomic E-state index is -4.38. The Labute approximate surface area is 166 Å². The third-order valence-electron chi connectivity index (χ3n) is 4.79. The van der Waals surface area contributed by atoms with E-state index in [0.717, 1.165) is 12.1 Å². The summed E-state index contributed by atoms with van der Waals surface area (Å²) in [5.41, 5.74) is 0.376. The molecule has 29 heavy (non-hydrogen) atoms. The molecule has 1 fully saturated rings. The molecule has 0 N–H and O–H groups in total. The largest absolute Gasteiger partial charge is 0.484 e. The van der Waals surface area contributed by atoms with Gasteiger partial charge in [-0.25, -0.2) is 0 Å². The number of carbonyl (C=O) groups is 2. The van der Waals surface area contributed by atoms with Crippen LogP contribution in [0.5, 0.6) is 5.75 Å². The number of ketones is 1. The normalized spacial score (nSPS) is 14.6. The number of benzene rings is 2. The summed E-state index contributed by atoms with van der Waals surface area (Å²) in [6.45, 7) is 3.03. The Kier molecular flexibility index (Phi) is 6.10. The number of amides is 1. The number of ether oxygens (including phenoxy) is 1. The van der Waals surface area contributed by atoms with Crippen LogP contribution in [0.4, 0.5) is 18.9 Å². The van der Waals surface area contributed by atoms with Crippen LogP contribution >= 0.6 is 0 Å². The van der Waals surface area contributed by atoms with Crippen molar-refractivity contribution < 1.29 is 27.5 Å². The molecule has 0 spiro atoms. The highest BCUT2D eigenvalue weighted by Gasteiger charge is 2.31. The molecule has 0 aliphatic carbocycles. The number of rotatable bonds is 5. The summed E-state index contributed by atoms with van der Waals surface area (Å²) in [4.78, 5) is 27.1. The zero-order chi connectivity index (χ0) is 21.0. The number of halogens is 3. The molecule has 3 rings (SSSR count). The maximum Gasteiger partial charge on any atom is 0.416 e. The van der Waals surface area contributed by atoms with Crippen molar-refractivity contribution in [3.63, 3.8) is 0 Å². The SMILES string of the molecule is CC(=O)c1ccc(OCC(=O)N2CCN(c3cccc(C(F)(F)F)c3)CC2)cc1. The highest BCUT2D eigenvalue weighted by molar-refractivity contribution is 5.94. The van der Waals surface area contributed by atoms with Gasteiger partial charge in [-0.2, -0.15) is 13.2 Å². The lowest BCUT2D eigenvalue weighted by atomic mass is 10.1. The van der Waals surface area contributed by atoms with Crippen molar-refractivity contribution in [2.45, 2.75) is 13.1 Å². The van der Waals surface area contributed by atoms with Gasteiger partial charge in [0.25, 0.3) is 5.91 Å². The molecule has 8 heteroatoms. The van der Waals surface area contributed by atoms with Gasteiger partial charge in [-0.05, 0) is 49.4 Å². The van der Waals surface area contributed by atoms with Crippen LogP contribution in [-0.4, -0.2) is 49.4 Å². The van der Waals surface area contributed by atoms with Gasteiger partial charge in [-0.1, -0.05) is 6.07 Å². The Morgan fingerprint density at radius 3 is 2.24 bits per heavy atom. The van der Waals surface area contributed by atoms with Crippen molar-refractivity contribution in [3.8, 4) is 5.75 Å². The number of carbonyl (C=O) groups excluding carboxylic acids is 2. The number of anilines is 1. The fourth-order valence-electron chi connectivity index (χ4n) is 3.12. The molecule has 154 valence electrons. The van der Waals surface area contributed by atoms with E-state index >= 15 is 0 Å². The minimum absolute atomic E-state index is 0.0498. The zero-order valence-electron chi connectivity index (χ0n) is 15.9. The number of piperazine rings is 1. The van der Waals surface area contributed by atoms with Crippen LogP contribution in [0.2, 0.25) is 0 Å². The Morgan fingerprint density at radius 2 is 1.66 bits per heavy atom. The average molecular weight is 406 g/mol. The first kappa shape index (κ1) is 20.7. The zero-order valence-corrected chi connectivity index (χ0v) is 15.9. The van der Waals surface area contributed by atoms with Crippen molar-refractivity contribution in [2.24, 2.45) is 0 Å². The molecule has 2 aromatic carbocycles. The van der Waals surface area contributed by atoms with E-state index in [1.165, 1.54) is 13.0 Å². The van der Waals surface area contributed by atoms with E-state index in [4.69, 9.17) is 4.74 Å². The maximum atomic E-state index is 12.9. The summed E-state index contributed by atoms with van der Waals surface area (Å²) in [5.74, 6) is 0.251. The summed E-state index contributed by atoms with van der Waals surface area (Å²) >= 11 is 0. The standard InChI is InChI=1S/C21H21F3N2O3/c1-15(27)16-5-7-19(8-6-16)29-14-20(28)26-11-9-25(10-12-26)18-4-2-3-17(13-18)21(22,23)24/h2-8,13H,9-12,14H2,1H3. The molecule has 0 bridgehead atoms. The van der Waals surface area contributed by atoms with E-state index in [1.54, 1.807) is 35.2 Å².